The van der Waals surface area contributed by atoms with E-state index in [-0.39, 0.29) is 25.6 Å². The highest BCUT2D eigenvalue weighted by molar-refractivity contribution is 7.89. The molecule has 0 atom stereocenters. The van der Waals surface area contributed by atoms with Gasteiger partial charge in [-0.15, -0.1) is 13.2 Å². The number of nitrogens with zero attached hydrogens (tertiary/aromatic N) is 1. The van der Waals surface area contributed by atoms with Gasteiger partial charge >= 0.3 is 6.36 Å². The molecule has 22 heavy (non-hydrogen) atoms. The summed E-state index contributed by atoms with van der Waals surface area (Å²) in [4.78, 5) is -0.505. The molecule has 9 heteroatoms. The number of halogens is 3. The Morgan fingerprint density at radius 2 is 1.82 bits per heavy atom. The van der Waals surface area contributed by atoms with Crippen molar-refractivity contribution in [2.45, 2.75) is 24.1 Å². The molecule has 0 bridgehead atoms. The first-order valence-electron chi connectivity index (χ1n) is 6.70. The van der Waals surface area contributed by atoms with Gasteiger partial charge in [0.1, 0.15) is 10.6 Å². The van der Waals surface area contributed by atoms with Crippen LogP contribution in [0.4, 0.5) is 13.2 Å². The Hall–Kier alpha value is -1.32. The maximum atomic E-state index is 12.5. The van der Waals surface area contributed by atoms with Crippen LogP contribution in [0, 0.1) is 5.92 Å². The molecule has 1 saturated heterocycles. The molecule has 1 aliphatic rings. The number of benzene rings is 1. The molecule has 124 valence electrons. The number of alkyl halides is 3. The quantitative estimate of drug-likeness (QED) is 0.911. The highest BCUT2D eigenvalue weighted by Gasteiger charge is 2.36. The molecule has 2 rings (SSSR count). The zero-order valence-corrected chi connectivity index (χ0v) is 12.4. The minimum atomic E-state index is -4.96. The monoisotopic (exact) mass is 339 g/mol. The van der Waals surface area contributed by atoms with E-state index in [1.807, 2.05) is 0 Å². The third-order valence-corrected chi connectivity index (χ3v) is 5.46. The average Bonchev–Trinajstić information content (AvgIpc) is 2.46. The summed E-state index contributed by atoms with van der Waals surface area (Å²) in [7, 11) is -4.07. The summed E-state index contributed by atoms with van der Waals surface area (Å²) in [6.07, 6.45) is -4.02. The van der Waals surface area contributed by atoms with E-state index in [2.05, 4.69) is 4.74 Å². The van der Waals surface area contributed by atoms with Crippen molar-refractivity contribution in [2.24, 2.45) is 5.92 Å². The Labute approximate surface area is 126 Å². The number of piperidine rings is 1. The molecule has 0 saturated carbocycles. The van der Waals surface area contributed by atoms with Crippen LogP contribution >= 0.6 is 0 Å². The molecule has 0 aromatic heterocycles. The van der Waals surface area contributed by atoms with Crippen LogP contribution in [0.3, 0.4) is 0 Å². The molecule has 1 aromatic rings. The summed E-state index contributed by atoms with van der Waals surface area (Å²) in [5.74, 6) is -0.715. The largest absolute Gasteiger partial charge is 0.573 e. The molecule has 0 unspecified atom stereocenters. The molecule has 1 heterocycles. The smallest absolute Gasteiger partial charge is 0.404 e. The highest BCUT2D eigenvalue weighted by atomic mass is 32.2. The summed E-state index contributed by atoms with van der Waals surface area (Å²) < 4.78 is 67.1. The van der Waals surface area contributed by atoms with Gasteiger partial charge in [-0.25, -0.2) is 8.42 Å². The summed E-state index contributed by atoms with van der Waals surface area (Å²) >= 11 is 0. The second-order valence-electron chi connectivity index (χ2n) is 5.02. The Morgan fingerprint density at radius 3 is 2.36 bits per heavy atom. The van der Waals surface area contributed by atoms with Crippen molar-refractivity contribution in [3.05, 3.63) is 24.3 Å². The SMILES string of the molecule is O=S(=O)(c1ccccc1OC(F)(F)F)N1CCC(CO)CC1. The van der Waals surface area contributed by atoms with E-state index in [1.54, 1.807) is 0 Å². The normalized spacial score (nSPS) is 18.4. The van der Waals surface area contributed by atoms with E-state index in [0.717, 1.165) is 16.4 Å². The lowest BCUT2D eigenvalue weighted by molar-refractivity contribution is -0.275. The van der Waals surface area contributed by atoms with Crippen molar-refractivity contribution in [3.8, 4) is 5.75 Å². The van der Waals surface area contributed by atoms with E-state index in [0.29, 0.717) is 12.8 Å². The van der Waals surface area contributed by atoms with E-state index >= 15 is 0 Å². The van der Waals surface area contributed by atoms with Crippen molar-refractivity contribution < 1.29 is 31.4 Å². The molecule has 0 radical (unpaired) electrons. The summed E-state index contributed by atoms with van der Waals surface area (Å²) in [6.45, 7) is 0.295. The van der Waals surface area contributed by atoms with Crippen LogP contribution in [-0.4, -0.2) is 43.9 Å². The number of hydrogen-bond acceptors (Lipinski definition) is 4. The highest BCUT2D eigenvalue weighted by Crippen LogP contribution is 2.32. The average molecular weight is 339 g/mol. The van der Waals surface area contributed by atoms with Crippen molar-refractivity contribution in [3.63, 3.8) is 0 Å². The fourth-order valence-corrected chi connectivity index (χ4v) is 3.93. The molecule has 1 aromatic carbocycles. The third-order valence-electron chi connectivity index (χ3n) is 3.52. The van der Waals surface area contributed by atoms with Crippen molar-refractivity contribution in [1.29, 1.82) is 0 Å². The predicted molar refractivity (Wildman–Crippen MR) is 71.7 cm³/mol. The van der Waals surface area contributed by atoms with Gasteiger partial charge in [0, 0.05) is 19.7 Å². The Kier molecular flexibility index (Phi) is 4.98. The van der Waals surface area contributed by atoms with Gasteiger partial charge in [0.2, 0.25) is 10.0 Å². The molecule has 5 nitrogen and oxygen atoms in total. The second-order valence-corrected chi connectivity index (χ2v) is 6.93. The first-order chi connectivity index (χ1) is 10.2. The summed E-state index contributed by atoms with van der Waals surface area (Å²) in [5, 5.41) is 9.06. The number of hydrogen-bond donors (Lipinski definition) is 1. The van der Waals surface area contributed by atoms with E-state index in [4.69, 9.17) is 5.11 Å². The number of aliphatic hydroxyl groups excluding tert-OH is 1. The van der Waals surface area contributed by atoms with E-state index < -0.39 is 27.0 Å². The molecule has 0 spiro atoms. The molecule has 0 amide bonds. The van der Waals surface area contributed by atoms with Gasteiger partial charge in [0.05, 0.1) is 0 Å². The lowest BCUT2D eigenvalue weighted by atomic mass is 10.00. The van der Waals surface area contributed by atoms with Gasteiger partial charge in [-0.05, 0) is 30.9 Å². The van der Waals surface area contributed by atoms with Crippen LogP contribution in [-0.2, 0) is 10.0 Å². The van der Waals surface area contributed by atoms with Crippen LogP contribution < -0.4 is 4.74 Å². The minimum absolute atomic E-state index is 0.0214. The minimum Gasteiger partial charge on any atom is -0.404 e. The maximum absolute atomic E-state index is 12.5. The van der Waals surface area contributed by atoms with Gasteiger partial charge in [0.15, 0.2) is 0 Å². The van der Waals surface area contributed by atoms with Crippen LogP contribution in [0.15, 0.2) is 29.2 Å². The molecular weight excluding hydrogens is 323 g/mol. The first-order valence-corrected chi connectivity index (χ1v) is 8.14. The van der Waals surface area contributed by atoms with Gasteiger partial charge < -0.3 is 9.84 Å². The Morgan fingerprint density at radius 1 is 1.23 bits per heavy atom. The van der Waals surface area contributed by atoms with Gasteiger partial charge in [0.25, 0.3) is 0 Å². The van der Waals surface area contributed by atoms with Crippen molar-refractivity contribution in [2.75, 3.05) is 19.7 Å². The molecule has 1 aliphatic heterocycles. The van der Waals surface area contributed by atoms with Gasteiger partial charge in [-0.3, -0.25) is 0 Å². The molecule has 0 aliphatic carbocycles. The lowest BCUT2D eigenvalue weighted by Crippen LogP contribution is -2.39. The zero-order chi connectivity index (χ0) is 16.4. The fourth-order valence-electron chi connectivity index (χ4n) is 2.34. The summed E-state index contributed by atoms with van der Waals surface area (Å²) in [6, 6.07) is 4.68. The summed E-state index contributed by atoms with van der Waals surface area (Å²) in [5.41, 5.74) is 0. The van der Waals surface area contributed by atoms with Crippen LogP contribution in [0.1, 0.15) is 12.8 Å². The molecular formula is C13H16F3NO4S. The second kappa shape index (κ2) is 6.43. The number of sulfonamides is 1. The predicted octanol–water partition coefficient (Wildman–Crippen LogP) is 1.98. The molecule has 1 N–H and O–H groups in total. The van der Waals surface area contributed by atoms with Crippen LogP contribution in [0.5, 0.6) is 5.75 Å². The Balaban J connectivity index is 2.27. The van der Waals surface area contributed by atoms with Crippen molar-refractivity contribution >= 4 is 10.0 Å². The number of ether oxygens (including phenoxy) is 1. The van der Waals surface area contributed by atoms with Crippen molar-refractivity contribution in [1.82, 2.24) is 4.31 Å². The Bertz CT molecular complexity index is 610. The van der Waals surface area contributed by atoms with Gasteiger partial charge in [-0.2, -0.15) is 4.31 Å². The first kappa shape index (κ1) is 17.0. The van der Waals surface area contributed by atoms with E-state index in [1.165, 1.54) is 12.1 Å². The zero-order valence-electron chi connectivity index (χ0n) is 11.6. The number of rotatable bonds is 4. The number of para-hydroxylation sites is 1. The molecule has 1 fully saturated rings. The van der Waals surface area contributed by atoms with Crippen LogP contribution in [0.2, 0.25) is 0 Å². The van der Waals surface area contributed by atoms with E-state index in [9.17, 15) is 21.6 Å². The third kappa shape index (κ3) is 3.90. The number of aliphatic hydroxyl groups is 1. The maximum Gasteiger partial charge on any atom is 0.573 e. The standard InChI is InChI=1S/C13H16F3NO4S/c14-13(15,16)21-11-3-1-2-4-12(11)22(19,20)17-7-5-10(9-18)6-8-17/h1-4,10,18H,5-9H2. The fraction of sp³-hybridized carbons (Fsp3) is 0.538. The van der Waals surface area contributed by atoms with Crippen LogP contribution in [0.25, 0.3) is 0 Å². The topological polar surface area (TPSA) is 66.8 Å². The van der Waals surface area contributed by atoms with Gasteiger partial charge in [-0.1, -0.05) is 12.1 Å². The lowest BCUT2D eigenvalue weighted by Gasteiger charge is -2.30.